The zero-order valence-electron chi connectivity index (χ0n) is 12.2. The van der Waals surface area contributed by atoms with Gasteiger partial charge >= 0.3 is 5.97 Å². The number of carboxylic acids is 1. The standard InChI is InChI=1S/C16H19N3O3/c17-7-3-4-11(16(20)21)8-12-14-9-22-15-6-2-1-5-13(15)19(14)10-18-12/h1-2,5-6,10-11H,3-4,7-9,17H2,(H,20,21). The highest BCUT2D eigenvalue weighted by Gasteiger charge is 2.25. The summed E-state index contributed by atoms with van der Waals surface area (Å²) in [7, 11) is 0. The van der Waals surface area contributed by atoms with E-state index < -0.39 is 11.9 Å². The maximum Gasteiger partial charge on any atom is 0.306 e. The number of aliphatic carboxylic acids is 1. The van der Waals surface area contributed by atoms with E-state index in [-0.39, 0.29) is 0 Å². The molecule has 6 heteroatoms. The van der Waals surface area contributed by atoms with Gasteiger partial charge in [0.25, 0.3) is 0 Å². The van der Waals surface area contributed by atoms with E-state index in [9.17, 15) is 9.90 Å². The summed E-state index contributed by atoms with van der Waals surface area (Å²) in [4.78, 5) is 15.8. The Bertz CT molecular complexity index is 681. The zero-order valence-corrected chi connectivity index (χ0v) is 12.2. The molecule has 3 rings (SSSR count). The summed E-state index contributed by atoms with van der Waals surface area (Å²) in [5.41, 5.74) is 8.14. The van der Waals surface area contributed by atoms with Crippen molar-refractivity contribution < 1.29 is 14.6 Å². The highest BCUT2D eigenvalue weighted by atomic mass is 16.5. The van der Waals surface area contributed by atoms with Crippen LogP contribution in [0.15, 0.2) is 30.6 Å². The number of fused-ring (bicyclic) bond motifs is 3. The van der Waals surface area contributed by atoms with Crippen molar-refractivity contribution in [3.8, 4) is 11.4 Å². The maximum atomic E-state index is 11.4. The minimum Gasteiger partial charge on any atom is -0.485 e. The van der Waals surface area contributed by atoms with Crippen molar-refractivity contribution in [2.75, 3.05) is 6.54 Å². The topological polar surface area (TPSA) is 90.4 Å². The minimum atomic E-state index is -0.799. The van der Waals surface area contributed by atoms with E-state index in [4.69, 9.17) is 10.5 Å². The average molecular weight is 301 g/mol. The molecule has 1 aromatic heterocycles. The molecule has 2 heterocycles. The van der Waals surface area contributed by atoms with Crippen molar-refractivity contribution in [1.29, 1.82) is 0 Å². The Kier molecular flexibility index (Phi) is 4.11. The van der Waals surface area contributed by atoms with Crippen LogP contribution in [0.2, 0.25) is 0 Å². The average Bonchev–Trinajstić information content (AvgIpc) is 2.94. The minimum absolute atomic E-state index is 0.406. The van der Waals surface area contributed by atoms with Crippen LogP contribution in [0.25, 0.3) is 5.69 Å². The third kappa shape index (κ3) is 2.69. The normalized spacial score (nSPS) is 13.9. The molecule has 1 unspecified atom stereocenters. The molecule has 0 radical (unpaired) electrons. The van der Waals surface area contributed by atoms with Crippen LogP contribution in [0.4, 0.5) is 0 Å². The molecule has 1 aliphatic rings. The highest BCUT2D eigenvalue weighted by molar-refractivity contribution is 5.70. The van der Waals surface area contributed by atoms with Crippen LogP contribution in [0.1, 0.15) is 24.2 Å². The maximum absolute atomic E-state index is 11.4. The molecule has 1 aliphatic heterocycles. The number of aromatic nitrogens is 2. The van der Waals surface area contributed by atoms with Crippen LogP contribution in [0.5, 0.6) is 5.75 Å². The predicted octanol–water partition coefficient (Wildman–Crippen LogP) is 1.75. The van der Waals surface area contributed by atoms with Crippen molar-refractivity contribution >= 4 is 5.97 Å². The number of para-hydroxylation sites is 2. The number of ether oxygens (including phenoxy) is 1. The number of rotatable bonds is 6. The Morgan fingerprint density at radius 1 is 1.45 bits per heavy atom. The number of hydrogen-bond acceptors (Lipinski definition) is 4. The second kappa shape index (κ2) is 6.19. The molecule has 0 saturated heterocycles. The largest absolute Gasteiger partial charge is 0.485 e. The number of hydrogen-bond donors (Lipinski definition) is 2. The van der Waals surface area contributed by atoms with E-state index in [0.29, 0.717) is 32.4 Å². The number of carbonyl (C=O) groups is 1. The molecule has 2 aromatic rings. The van der Waals surface area contributed by atoms with Gasteiger partial charge in [0.1, 0.15) is 12.4 Å². The number of benzene rings is 1. The van der Waals surface area contributed by atoms with E-state index in [1.807, 2.05) is 28.8 Å². The van der Waals surface area contributed by atoms with Gasteiger partial charge in [-0.25, -0.2) is 4.98 Å². The molecule has 1 aromatic carbocycles. The van der Waals surface area contributed by atoms with Crippen LogP contribution in [0, 0.1) is 5.92 Å². The molecule has 0 saturated carbocycles. The zero-order chi connectivity index (χ0) is 15.5. The first-order chi connectivity index (χ1) is 10.7. The summed E-state index contributed by atoms with van der Waals surface area (Å²) < 4.78 is 7.73. The van der Waals surface area contributed by atoms with Gasteiger partial charge in [0.2, 0.25) is 0 Å². The Labute approximate surface area is 128 Å². The molecule has 0 aliphatic carbocycles. The van der Waals surface area contributed by atoms with Crippen molar-refractivity contribution in [3.63, 3.8) is 0 Å². The van der Waals surface area contributed by atoms with Crippen molar-refractivity contribution in [1.82, 2.24) is 9.55 Å². The lowest BCUT2D eigenvalue weighted by Gasteiger charge is -2.21. The van der Waals surface area contributed by atoms with Gasteiger partial charge in [0, 0.05) is 6.42 Å². The molecular formula is C16H19N3O3. The van der Waals surface area contributed by atoms with Crippen LogP contribution >= 0.6 is 0 Å². The van der Waals surface area contributed by atoms with Crippen LogP contribution in [-0.4, -0.2) is 27.2 Å². The first-order valence-corrected chi connectivity index (χ1v) is 7.41. The van der Waals surface area contributed by atoms with Gasteiger partial charge in [-0.05, 0) is 31.5 Å². The van der Waals surface area contributed by atoms with Crippen LogP contribution < -0.4 is 10.5 Å². The Balaban J connectivity index is 1.86. The SMILES string of the molecule is NCCCC(Cc1ncn2c1COc1ccccc1-2)C(=O)O. The lowest BCUT2D eigenvalue weighted by Crippen LogP contribution is -2.20. The summed E-state index contributed by atoms with van der Waals surface area (Å²) in [6, 6.07) is 7.75. The van der Waals surface area contributed by atoms with Gasteiger partial charge < -0.3 is 15.6 Å². The molecular weight excluding hydrogens is 282 g/mol. The summed E-state index contributed by atoms with van der Waals surface area (Å²) in [5, 5.41) is 9.35. The third-order valence-electron chi connectivity index (χ3n) is 3.99. The molecule has 0 fully saturated rings. The van der Waals surface area contributed by atoms with Crippen molar-refractivity contribution in [3.05, 3.63) is 42.0 Å². The van der Waals surface area contributed by atoms with Crippen LogP contribution in [-0.2, 0) is 17.8 Å². The lowest BCUT2D eigenvalue weighted by atomic mass is 9.97. The predicted molar refractivity (Wildman–Crippen MR) is 81.0 cm³/mol. The molecule has 1 atom stereocenters. The Morgan fingerprint density at radius 3 is 3.05 bits per heavy atom. The summed E-state index contributed by atoms with van der Waals surface area (Å²) >= 11 is 0. The lowest BCUT2D eigenvalue weighted by molar-refractivity contribution is -0.142. The molecule has 116 valence electrons. The fraction of sp³-hybridized carbons (Fsp3) is 0.375. The highest BCUT2D eigenvalue weighted by Crippen LogP contribution is 2.31. The van der Waals surface area contributed by atoms with E-state index >= 15 is 0 Å². The third-order valence-corrected chi connectivity index (χ3v) is 3.99. The Morgan fingerprint density at radius 2 is 2.27 bits per heavy atom. The van der Waals surface area contributed by atoms with Gasteiger partial charge in [-0.15, -0.1) is 0 Å². The first-order valence-electron chi connectivity index (χ1n) is 7.41. The molecule has 6 nitrogen and oxygen atoms in total. The summed E-state index contributed by atoms with van der Waals surface area (Å²) in [5.74, 6) is -0.440. The van der Waals surface area contributed by atoms with Gasteiger partial charge in [-0.3, -0.25) is 9.36 Å². The molecule has 0 spiro atoms. The van der Waals surface area contributed by atoms with Gasteiger partial charge in [0.05, 0.1) is 29.3 Å². The number of nitrogens with two attached hydrogens (primary N) is 1. The smallest absolute Gasteiger partial charge is 0.306 e. The summed E-state index contributed by atoms with van der Waals surface area (Å²) in [6.45, 7) is 0.914. The fourth-order valence-corrected chi connectivity index (χ4v) is 2.78. The quantitative estimate of drug-likeness (QED) is 0.848. The molecule has 22 heavy (non-hydrogen) atoms. The number of imidazole rings is 1. The Hall–Kier alpha value is -2.34. The number of carboxylic acid groups (broad SMARTS) is 1. The summed E-state index contributed by atoms with van der Waals surface area (Å²) in [6.07, 6.45) is 3.42. The fourth-order valence-electron chi connectivity index (χ4n) is 2.78. The van der Waals surface area contributed by atoms with E-state index in [2.05, 4.69) is 4.98 Å². The molecule has 3 N–H and O–H groups in total. The van der Waals surface area contributed by atoms with E-state index in [1.54, 1.807) is 6.33 Å². The molecule has 0 amide bonds. The van der Waals surface area contributed by atoms with Crippen molar-refractivity contribution in [2.45, 2.75) is 25.9 Å². The second-order valence-electron chi connectivity index (χ2n) is 5.43. The van der Waals surface area contributed by atoms with Crippen molar-refractivity contribution in [2.24, 2.45) is 11.7 Å². The van der Waals surface area contributed by atoms with Gasteiger partial charge in [-0.2, -0.15) is 0 Å². The van der Waals surface area contributed by atoms with E-state index in [0.717, 1.165) is 22.8 Å². The van der Waals surface area contributed by atoms with E-state index in [1.165, 1.54) is 0 Å². The van der Waals surface area contributed by atoms with Crippen LogP contribution in [0.3, 0.4) is 0 Å². The first kappa shape index (κ1) is 14.6. The van der Waals surface area contributed by atoms with Gasteiger partial charge in [0.15, 0.2) is 0 Å². The number of nitrogens with zero attached hydrogens (tertiary/aromatic N) is 2. The monoisotopic (exact) mass is 301 g/mol. The van der Waals surface area contributed by atoms with Gasteiger partial charge in [-0.1, -0.05) is 12.1 Å². The molecule has 0 bridgehead atoms. The second-order valence-corrected chi connectivity index (χ2v) is 5.43.